The van der Waals surface area contributed by atoms with Crippen LogP contribution < -0.4 is 10.4 Å². The van der Waals surface area contributed by atoms with Crippen LogP contribution in [0.2, 0.25) is 0 Å². The van der Waals surface area contributed by atoms with Gasteiger partial charge in [0.05, 0.1) is 17.3 Å². The summed E-state index contributed by atoms with van der Waals surface area (Å²) >= 11 is 1.97. The lowest BCUT2D eigenvalue weighted by Gasteiger charge is -2.07. The summed E-state index contributed by atoms with van der Waals surface area (Å²) in [5, 5.41) is 0. The van der Waals surface area contributed by atoms with Gasteiger partial charge < -0.3 is 9.47 Å². The van der Waals surface area contributed by atoms with Gasteiger partial charge in [0.2, 0.25) is 5.88 Å². The molecule has 88 valence electrons. The van der Waals surface area contributed by atoms with Crippen LogP contribution in [0.25, 0.3) is 0 Å². The highest BCUT2D eigenvalue weighted by Crippen LogP contribution is 2.13. The Morgan fingerprint density at radius 2 is 2.31 bits per heavy atom. The molecule has 0 aliphatic rings. The fraction of sp³-hybridized carbons (Fsp3) is 0.444. The lowest BCUT2D eigenvalue weighted by atomic mass is 10.5. The first-order chi connectivity index (χ1) is 7.58. The Kier molecular flexibility index (Phi) is 4.71. The normalized spacial score (nSPS) is 9.94. The Morgan fingerprint density at radius 3 is 2.88 bits per heavy atom. The molecule has 0 radical (unpaired) electrons. The summed E-state index contributed by atoms with van der Waals surface area (Å²) in [7, 11) is 1.43. The summed E-state index contributed by atoms with van der Waals surface area (Å²) in [5.41, 5.74) is -0.537. The van der Waals surface area contributed by atoms with Crippen molar-refractivity contribution in [2.45, 2.75) is 13.5 Å². The van der Waals surface area contributed by atoms with Gasteiger partial charge in [0.25, 0.3) is 0 Å². The third-order valence-electron chi connectivity index (χ3n) is 1.71. The molecule has 1 aromatic rings. The molecule has 7 heteroatoms. The first-order valence-electron chi connectivity index (χ1n) is 4.55. The first kappa shape index (κ1) is 12.9. The van der Waals surface area contributed by atoms with E-state index in [-0.39, 0.29) is 19.0 Å². The van der Waals surface area contributed by atoms with Gasteiger partial charge in [0, 0.05) is 6.20 Å². The lowest BCUT2D eigenvalue weighted by molar-refractivity contribution is -0.143. The average molecular weight is 338 g/mol. The molecule has 1 aromatic heterocycles. The Labute approximate surface area is 106 Å². The zero-order valence-electron chi connectivity index (χ0n) is 8.90. The topological polar surface area (TPSA) is 70.4 Å². The highest BCUT2D eigenvalue weighted by Gasteiger charge is 2.10. The van der Waals surface area contributed by atoms with Gasteiger partial charge in [-0.1, -0.05) is 0 Å². The van der Waals surface area contributed by atoms with Gasteiger partial charge >= 0.3 is 11.7 Å². The molecule has 1 rings (SSSR count). The summed E-state index contributed by atoms with van der Waals surface area (Å²) in [6.07, 6.45) is 1.51. The maximum absolute atomic E-state index is 11.5. The van der Waals surface area contributed by atoms with Crippen LogP contribution in [0.15, 0.2) is 11.0 Å². The van der Waals surface area contributed by atoms with Crippen LogP contribution >= 0.6 is 22.6 Å². The van der Waals surface area contributed by atoms with E-state index in [9.17, 15) is 9.59 Å². The van der Waals surface area contributed by atoms with E-state index in [0.717, 1.165) is 0 Å². The fourth-order valence-electron chi connectivity index (χ4n) is 1.05. The average Bonchev–Trinajstić information content (AvgIpc) is 2.23. The zero-order valence-corrected chi connectivity index (χ0v) is 11.1. The van der Waals surface area contributed by atoms with Crippen LogP contribution in [0.1, 0.15) is 6.92 Å². The first-order valence-corrected chi connectivity index (χ1v) is 5.63. The molecule has 0 aliphatic carbocycles. The Balaban J connectivity index is 2.94. The summed E-state index contributed by atoms with van der Waals surface area (Å²) in [5.74, 6) is -0.210. The van der Waals surface area contributed by atoms with E-state index in [0.29, 0.717) is 3.57 Å². The van der Waals surface area contributed by atoms with Gasteiger partial charge in [-0.3, -0.25) is 9.36 Å². The van der Waals surface area contributed by atoms with Crippen LogP contribution in [-0.4, -0.2) is 29.2 Å². The molecule has 0 spiro atoms. The van der Waals surface area contributed by atoms with Crippen molar-refractivity contribution in [3.63, 3.8) is 0 Å². The van der Waals surface area contributed by atoms with Gasteiger partial charge in [-0.15, -0.1) is 0 Å². The molecule has 0 unspecified atom stereocenters. The second kappa shape index (κ2) is 5.83. The largest absolute Gasteiger partial charge is 0.480 e. The molecule has 0 saturated heterocycles. The van der Waals surface area contributed by atoms with Crippen molar-refractivity contribution in [1.82, 2.24) is 9.55 Å². The number of carbonyl (C=O) groups is 1. The number of halogens is 1. The van der Waals surface area contributed by atoms with Gasteiger partial charge in [-0.25, -0.2) is 4.79 Å². The number of rotatable bonds is 4. The second-order valence-corrected chi connectivity index (χ2v) is 3.98. The minimum atomic E-state index is -0.537. The van der Waals surface area contributed by atoms with E-state index < -0.39 is 11.7 Å². The number of ether oxygens (including phenoxy) is 2. The molecule has 16 heavy (non-hydrogen) atoms. The standard InChI is InChI=1S/C9H11IN2O4/c1-3-16-7(13)5-12-4-6(10)8(15-2)11-9(12)14/h4H,3,5H2,1-2H3. The van der Waals surface area contributed by atoms with Crippen molar-refractivity contribution >= 4 is 28.6 Å². The third-order valence-corrected chi connectivity index (χ3v) is 2.45. The Hall–Kier alpha value is -1.12. The molecule has 0 fully saturated rings. The van der Waals surface area contributed by atoms with E-state index in [1.165, 1.54) is 17.9 Å². The highest BCUT2D eigenvalue weighted by atomic mass is 127. The molecule has 1 heterocycles. The van der Waals surface area contributed by atoms with Crippen molar-refractivity contribution in [3.8, 4) is 5.88 Å². The molecular formula is C9H11IN2O4. The van der Waals surface area contributed by atoms with Crippen molar-refractivity contribution in [2.24, 2.45) is 0 Å². The smallest absolute Gasteiger partial charge is 0.351 e. The molecule has 0 atom stereocenters. The minimum Gasteiger partial charge on any atom is -0.480 e. The predicted molar refractivity (Wildman–Crippen MR) is 64.4 cm³/mol. The Bertz CT molecular complexity index is 444. The molecule has 0 aromatic carbocycles. The Morgan fingerprint density at radius 1 is 1.62 bits per heavy atom. The van der Waals surface area contributed by atoms with E-state index in [4.69, 9.17) is 9.47 Å². The number of carbonyl (C=O) groups excluding carboxylic acids is 1. The summed E-state index contributed by atoms with van der Waals surface area (Å²) in [6, 6.07) is 0. The molecular weight excluding hydrogens is 327 g/mol. The van der Waals surface area contributed by atoms with E-state index >= 15 is 0 Å². The van der Waals surface area contributed by atoms with Gasteiger partial charge in [-0.2, -0.15) is 4.98 Å². The SMILES string of the molecule is CCOC(=O)Cn1cc(I)c(OC)nc1=O. The van der Waals surface area contributed by atoms with E-state index in [2.05, 4.69) is 4.98 Å². The number of methoxy groups -OCH3 is 1. The highest BCUT2D eigenvalue weighted by molar-refractivity contribution is 14.1. The molecule has 6 nitrogen and oxygen atoms in total. The van der Waals surface area contributed by atoms with Crippen molar-refractivity contribution in [2.75, 3.05) is 13.7 Å². The van der Waals surface area contributed by atoms with Gasteiger partial charge in [-0.05, 0) is 29.5 Å². The quantitative estimate of drug-likeness (QED) is 0.588. The van der Waals surface area contributed by atoms with Crippen LogP contribution in [0, 0.1) is 3.57 Å². The third kappa shape index (κ3) is 3.19. The van der Waals surface area contributed by atoms with Gasteiger partial charge in [0.15, 0.2) is 0 Å². The molecule has 0 bridgehead atoms. The number of hydrogen-bond donors (Lipinski definition) is 0. The maximum Gasteiger partial charge on any atom is 0.351 e. The van der Waals surface area contributed by atoms with Gasteiger partial charge in [0.1, 0.15) is 6.54 Å². The fourth-order valence-corrected chi connectivity index (χ4v) is 1.73. The lowest BCUT2D eigenvalue weighted by Crippen LogP contribution is -2.27. The molecule has 0 saturated carbocycles. The second-order valence-electron chi connectivity index (χ2n) is 2.81. The van der Waals surface area contributed by atoms with Crippen LogP contribution in [-0.2, 0) is 16.1 Å². The van der Waals surface area contributed by atoms with Crippen molar-refractivity contribution in [1.29, 1.82) is 0 Å². The number of nitrogens with zero attached hydrogens (tertiary/aromatic N) is 2. The van der Waals surface area contributed by atoms with E-state index in [1.807, 2.05) is 22.6 Å². The van der Waals surface area contributed by atoms with Crippen LogP contribution in [0.3, 0.4) is 0 Å². The predicted octanol–water partition coefficient (Wildman–Crippen LogP) is 0.420. The molecule has 0 amide bonds. The number of hydrogen-bond acceptors (Lipinski definition) is 5. The zero-order chi connectivity index (χ0) is 12.1. The van der Waals surface area contributed by atoms with Crippen LogP contribution in [0.4, 0.5) is 0 Å². The summed E-state index contributed by atoms with van der Waals surface area (Å²) in [4.78, 5) is 26.3. The van der Waals surface area contributed by atoms with E-state index in [1.54, 1.807) is 6.92 Å². The maximum atomic E-state index is 11.5. The minimum absolute atomic E-state index is 0.139. The summed E-state index contributed by atoms with van der Waals surface area (Å²) < 4.78 is 11.5. The van der Waals surface area contributed by atoms with Crippen LogP contribution in [0.5, 0.6) is 5.88 Å². The number of aromatic nitrogens is 2. The molecule has 0 aliphatic heterocycles. The van der Waals surface area contributed by atoms with Crippen molar-refractivity contribution < 1.29 is 14.3 Å². The monoisotopic (exact) mass is 338 g/mol. The number of esters is 1. The summed E-state index contributed by atoms with van der Waals surface area (Å²) in [6.45, 7) is 1.85. The van der Waals surface area contributed by atoms with Crippen molar-refractivity contribution in [3.05, 3.63) is 20.3 Å². The molecule has 0 N–H and O–H groups in total.